The Hall–Kier alpha value is -3.06. The maximum atomic E-state index is 14.1. The number of thioether (sulfide) groups is 1. The molecule has 1 saturated heterocycles. The topological polar surface area (TPSA) is 177 Å². The van der Waals surface area contributed by atoms with Gasteiger partial charge in [-0.15, -0.1) is 0 Å². The van der Waals surface area contributed by atoms with Crippen molar-refractivity contribution in [3.63, 3.8) is 0 Å². The lowest BCUT2D eigenvalue weighted by Crippen LogP contribution is -2.63. The van der Waals surface area contributed by atoms with Gasteiger partial charge in [0.1, 0.15) is 22.8 Å². The molecule has 1 aromatic rings. The van der Waals surface area contributed by atoms with Crippen LogP contribution in [0.2, 0.25) is 0 Å². The van der Waals surface area contributed by atoms with Crippen LogP contribution in [-0.2, 0) is 22.6 Å². The van der Waals surface area contributed by atoms with E-state index >= 15 is 0 Å². The summed E-state index contributed by atoms with van der Waals surface area (Å²) < 4.78 is 0. The van der Waals surface area contributed by atoms with E-state index in [1.54, 1.807) is 19.0 Å². The van der Waals surface area contributed by atoms with Gasteiger partial charge in [0, 0.05) is 43.4 Å². The van der Waals surface area contributed by atoms with Crippen LogP contribution in [0.1, 0.15) is 40.7 Å². The summed E-state index contributed by atoms with van der Waals surface area (Å²) in [6, 6.07) is 0.854. The summed E-state index contributed by atoms with van der Waals surface area (Å²) in [6.07, 6.45) is 2.57. The number of aromatic hydroxyl groups is 1. The first-order valence-electron chi connectivity index (χ1n) is 14.3. The first-order valence-corrected chi connectivity index (χ1v) is 15.4. The molecule has 4 atom stereocenters. The molecule has 1 aromatic carbocycles. The number of anilines is 1. The number of phenols is 1. The average Bonchev–Trinajstić information content (AvgIpc) is 2.92. The molecule has 3 aliphatic carbocycles. The van der Waals surface area contributed by atoms with Gasteiger partial charge < -0.3 is 36.4 Å². The predicted molar refractivity (Wildman–Crippen MR) is 160 cm³/mol. The van der Waals surface area contributed by atoms with Gasteiger partial charge >= 0.3 is 0 Å². The number of carbonyl (C=O) groups excluding carboxylic acids is 3. The number of aliphatic hydroxyl groups excluding tert-OH is 2. The number of allylic oxidation sites excluding steroid dienone is 1. The summed E-state index contributed by atoms with van der Waals surface area (Å²) in [6.45, 7) is 1.13. The molecule has 0 bridgehead atoms. The summed E-state index contributed by atoms with van der Waals surface area (Å²) in [4.78, 5) is 43.2. The van der Waals surface area contributed by atoms with E-state index in [1.165, 1.54) is 0 Å². The number of nitrogens with two attached hydrogens (primary N) is 1. The van der Waals surface area contributed by atoms with Crippen molar-refractivity contribution in [2.24, 2.45) is 23.5 Å². The third-order valence-corrected chi connectivity index (χ3v) is 10.4. The fourth-order valence-electron chi connectivity index (χ4n) is 7.25. The van der Waals surface area contributed by atoms with Crippen LogP contribution in [0.4, 0.5) is 5.69 Å². The Morgan fingerprint density at radius 1 is 1.14 bits per heavy atom. The van der Waals surface area contributed by atoms with E-state index in [0.29, 0.717) is 23.6 Å². The number of amides is 1. The van der Waals surface area contributed by atoms with Crippen LogP contribution in [0.3, 0.4) is 0 Å². The zero-order valence-corrected chi connectivity index (χ0v) is 25.3. The Kier molecular flexibility index (Phi) is 8.12. The smallest absolute Gasteiger partial charge is 0.255 e. The Balaban J connectivity index is 1.58. The van der Waals surface area contributed by atoms with Crippen molar-refractivity contribution in [2.45, 2.75) is 43.9 Å². The first-order chi connectivity index (χ1) is 19.8. The molecule has 11 nitrogen and oxygen atoms in total. The minimum atomic E-state index is -2.65. The second-order valence-corrected chi connectivity index (χ2v) is 13.5. The highest BCUT2D eigenvalue weighted by Crippen LogP contribution is 2.53. The Morgan fingerprint density at radius 2 is 1.81 bits per heavy atom. The molecule has 0 radical (unpaired) electrons. The van der Waals surface area contributed by atoms with Crippen molar-refractivity contribution in [1.82, 2.24) is 10.2 Å². The highest BCUT2D eigenvalue weighted by molar-refractivity contribution is 7.99. The molecule has 228 valence electrons. The second kappa shape index (κ2) is 11.2. The van der Waals surface area contributed by atoms with E-state index in [2.05, 4.69) is 5.32 Å². The fourth-order valence-corrected chi connectivity index (χ4v) is 8.45. The number of hydrogen-bond donors (Lipinski definition) is 6. The molecule has 1 fully saturated rings. The van der Waals surface area contributed by atoms with Gasteiger partial charge in [-0.05, 0) is 81.3 Å². The molecule has 0 aromatic heterocycles. The molecule has 12 heteroatoms. The third-order valence-electron chi connectivity index (χ3n) is 9.35. The largest absolute Gasteiger partial charge is 0.510 e. The molecule has 1 aliphatic heterocycles. The van der Waals surface area contributed by atoms with E-state index in [4.69, 9.17) is 5.73 Å². The Morgan fingerprint density at radius 3 is 2.40 bits per heavy atom. The van der Waals surface area contributed by atoms with E-state index in [-0.39, 0.29) is 29.7 Å². The van der Waals surface area contributed by atoms with Crippen LogP contribution in [0.15, 0.2) is 28.7 Å². The second-order valence-electron chi connectivity index (χ2n) is 12.3. The normalized spacial score (nSPS) is 28.1. The van der Waals surface area contributed by atoms with Gasteiger partial charge in [-0.3, -0.25) is 19.3 Å². The maximum Gasteiger partial charge on any atom is 0.255 e. The molecule has 1 amide bonds. The molecule has 5 rings (SSSR count). The summed E-state index contributed by atoms with van der Waals surface area (Å²) in [5.74, 6) is -3.63. The van der Waals surface area contributed by atoms with E-state index in [9.17, 15) is 34.8 Å². The zero-order valence-electron chi connectivity index (χ0n) is 24.4. The molecule has 0 spiro atoms. The van der Waals surface area contributed by atoms with Crippen LogP contribution < -0.4 is 16.0 Å². The van der Waals surface area contributed by atoms with Gasteiger partial charge in [0.15, 0.2) is 11.4 Å². The number of nitrogens with zero attached hydrogens (tertiary/aromatic N) is 2. The number of aliphatic hydroxyl groups is 3. The average molecular weight is 601 g/mol. The summed E-state index contributed by atoms with van der Waals surface area (Å²) in [7, 11) is 6.93. The lowest BCUT2D eigenvalue weighted by Gasteiger charge is -2.50. The van der Waals surface area contributed by atoms with Gasteiger partial charge in [-0.1, -0.05) is 0 Å². The van der Waals surface area contributed by atoms with E-state index in [0.717, 1.165) is 36.6 Å². The Labute approximate surface area is 249 Å². The van der Waals surface area contributed by atoms with Crippen LogP contribution in [0.5, 0.6) is 5.75 Å². The number of carbonyl (C=O) groups is 3. The van der Waals surface area contributed by atoms with Crippen molar-refractivity contribution in [1.29, 1.82) is 0 Å². The van der Waals surface area contributed by atoms with Crippen molar-refractivity contribution in [3.8, 4) is 5.75 Å². The number of ketones is 2. The number of Topliss-reactive ketones (excluding diaryl/α,β-unsaturated/α-hetero) is 2. The van der Waals surface area contributed by atoms with Crippen molar-refractivity contribution >= 4 is 34.9 Å². The summed E-state index contributed by atoms with van der Waals surface area (Å²) in [5.41, 5.74) is 3.73. The van der Waals surface area contributed by atoms with Crippen molar-refractivity contribution < 1.29 is 34.8 Å². The van der Waals surface area contributed by atoms with Crippen LogP contribution in [0.25, 0.3) is 0 Å². The fraction of sp³-hybridized carbons (Fsp3) is 0.567. The zero-order chi connectivity index (χ0) is 30.7. The number of benzene rings is 1. The van der Waals surface area contributed by atoms with Gasteiger partial charge in [0.25, 0.3) is 5.91 Å². The highest BCUT2D eigenvalue weighted by atomic mass is 32.2. The maximum absolute atomic E-state index is 14.1. The third kappa shape index (κ3) is 4.68. The molecule has 0 saturated carbocycles. The monoisotopic (exact) mass is 600 g/mol. The number of primary amides is 1. The number of nitrogens with one attached hydrogen (secondary N) is 1. The molecular weight excluding hydrogens is 560 g/mol. The standard InChI is InChI=1S/C30H40N4O7S/c1-33(2)19-11-16(13-32-12-14-5-7-42-8-6-14)24(35)21-17(19)9-15-10-18-23(34(3)4)26(37)22(29(31)40)28(39)30(18,41)27(38)20(15)25(21)36/h11,14-15,18,23,32,35,37-38,41H,5-10,12-13H2,1-4H3,(H2,31,40)/t15-,18-,23?,30-/m0/s1. The summed E-state index contributed by atoms with van der Waals surface area (Å²) in [5, 5.41) is 49.1. The van der Waals surface area contributed by atoms with Crippen LogP contribution in [0, 0.1) is 17.8 Å². The molecule has 4 aliphatic rings. The minimum absolute atomic E-state index is 0.0350. The predicted octanol–water partition coefficient (Wildman–Crippen LogP) is 1.42. The van der Waals surface area contributed by atoms with Crippen molar-refractivity contribution in [2.75, 3.05) is 51.1 Å². The molecular formula is C30H40N4O7S. The lowest BCUT2D eigenvalue weighted by molar-refractivity contribution is -0.148. The lowest BCUT2D eigenvalue weighted by atomic mass is 9.58. The number of hydrogen-bond acceptors (Lipinski definition) is 11. The van der Waals surface area contributed by atoms with E-state index in [1.807, 2.05) is 36.8 Å². The number of rotatable bonds is 7. The number of phenolic OH excluding ortho intramolecular Hbond substituents is 1. The van der Waals surface area contributed by atoms with Gasteiger partial charge in [-0.25, -0.2) is 0 Å². The minimum Gasteiger partial charge on any atom is -0.510 e. The molecule has 1 heterocycles. The molecule has 42 heavy (non-hydrogen) atoms. The highest BCUT2D eigenvalue weighted by Gasteiger charge is 2.63. The Bertz CT molecular complexity index is 1400. The van der Waals surface area contributed by atoms with Gasteiger partial charge in [0.05, 0.1) is 11.6 Å². The van der Waals surface area contributed by atoms with E-state index < -0.39 is 58.0 Å². The summed E-state index contributed by atoms with van der Waals surface area (Å²) >= 11 is 1.96. The van der Waals surface area contributed by atoms with Gasteiger partial charge in [-0.2, -0.15) is 11.8 Å². The molecule has 1 unspecified atom stereocenters. The van der Waals surface area contributed by atoms with Crippen LogP contribution >= 0.6 is 11.8 Å². The first kappa shape index (κ1) is 30.4. The van der Waals surface area contributed by atoms with Crippen LogP contribution in [-0.4, -0.2) is 101 Å². The van der Waals surface area contributed by atoms with Gasteiger partial charge in [0.2, 0.25) is 5.78 Å². The SMILES string of the molecule is CN(C)c1cc(CNCC2CCSCC2)c(O)c2c1C[C@H]1C[C@H]3C(N(C)C)C(O)=C(C(N)=O)C(=O)[C@@]3(O)C(O)=C1C2=O. The molecule has 7 N–H and O–H groups in total. The van der Waals surface area contributed by atoms with Crippen molar-refractivity contribution in [3.05, 3.63) is 45.4 Å². The number of likely N-dealkylation sites (N-methyl/N-ethyl adjacent to an activating group) is 1. The quantitative estimate of drug-likeness (QED) is 0.250. The number of fused-ring (bicyclic) bond motifs is 3.